The van der Waals surface area contributed by atoms with Crippen LogP contribution in [0.25, 0.3) is 0 Å². The molecule has 0 rings (SSSR count). The van der Waals surface area contributed by atoms with E-state index in [1.807, 2.05) is 6.92 Å². The average molecular weight is 217 g/mol. The van der Waals surface area contributed by atoms with Crippen molar-refractivity contribution < 1.29 is 9.47 Å². The van der Waals surface area contributed by atoms with E-state index in [1.54, 1.807) is 0 Å². The fourth-order valence-electron chi connectivity index (χ4n) is 1.27. The van der Waals surface area contributed by atoms with Crippen LogP contribution in [-0.4, -0.2) is 38.5 Å². The maximum absolute atomic E-state index is 5.63. The zero-order chi connectivity index (χ0) is 11.5. The molecule has 0 aromatic heterocycles. The Morgan fingerprint density at radius 2 is 1.93 bits per heavy atom. The summed E-state index contributed by atoms with van der Waals surface area (Å²) < 4.78 is 10.9. The van der Waals surface area contributed by atoms with Crippen molar-refractivity contribution >= 4 is 0 Å². The summed E-state index contributed by atoms with van der Waals surface area (Å²) >= 11 is 0. The Morgan fingerprint density at radius 3 is 2.53 bits per heavy atom. The van der Waals surface area contributed by atoms with Crippen LogP contribution in [0.1, 0.15) is 40.5 Å². The lowest BCUT2D eigenvalue weighted by atomic mass is 10.2. The first kappa shape index (κ1) is 14.9. The summed E-state index contributed by atoms with van der Waals surface area (Å²) in [6.45, 7) is 11.8. The lowest BCUT2D eigenvalue weighted by Gasteiger charge is -2.16. The summed E-state index contributed by atoms with van der Waals surface area (Å²) in [6.07, 6.45) is 2.46. The molecule has 3 heteroatoms. The van der Waals surface area contributed by atoms with Gasteiger partial charge in [-0.25, -0.2) is 0 Å². The summed E-state index contributed by atoms with van der Waals surface area (Å²) in [5.74, 6) is 0. The van der Waals surface area contributed by atoms with E-state index in [-0.39, 0.29) is 6.10 Å². The summed E-state index contributed by atoms with van der Waals surface area (Å²) in [4.78, 5) is 0. The van der Waals surface area contributed by atoms with Gasteiger partial charge in [0.1, 0.15) is 0 Å². The number of hydrogen-bond donors (Lipinski definition) is 1. The second-order valence-corrected chi connectivity index (χ2v) is 3.98. The van der Waals surface area contributed by atoms with Crippen molar-refractivity contribution in [1.29, 1.82) is 0 Å². The van der Waals surface area contributed by atoms with Gasteiger partial charge in [-0.15, -0.1) is 0 Å². The van der Waals surface area contributed by atoms with Gasteiger partial charge in [-0.2, -0.15) is 0 Å². The fourth-order valence-corrected chi connectivity index (χ4v) is 1.27. The third kappa shape index (κ3) is 10.2. The molecule has 0 aromatic rings. The smallest absolute Gasteiger partial charge is 0.0780 e. The van der Waals surface area contributed by atoms with Gasteiger partial charge in [0.15, 0.2) is 0 Å². The van der Waals surface area contributed by atoms with Crippen molar-refractivity contribution in [2.45, 2.75) is 52.7 Å². The highest BCUT2D eigenvalue weighted by Crippen LogP contribution is 1.97. The molecule has 0 aliphatic heterocycles. The zero-order valence-corrected chi connectivity index (χ0v) is 10.7. The Kier molecular flexibility index (Phi) is 10.3. The van der Waals surface area contributed by atoms with Gasteiger partial charge in [-0.3, -0.25) is 0 Å². The van der Waals surface area contributed by atoms with Crippen LogP contribution in [0.4, 0.5) is 0 Å². The molecule has 15 heavy (non-hydrogen) atoms. The molecule has 0 radical (unpaired) electrons. The molecule has 0 spiro atoms. The van der Waals surface area contributed by atoms with Gasteiger partial charge in [0.05, 0.1) is 12.7 Å². The third-order valence-corrected chi connectivity index (χ3v) is 2.25. The lowest BCUT2D eigenvalue weighted by molar-refractivity contribution is -0.00585. The molecule has 2 atom stereocenters. The minimum Gasteiger partial charge on any atom is -0.379 e. The molecule has 0 heterocycles. The molecule has 0 fully saturated rings. The summed E-state index contributed by atoms with van der Waals surface area (Å²) in [7, 11) is 0. The molecule has 0 amide bonds. The molecule has 92 valence electrons. The molecule has 3 nitrogen and oxygen atoms in total. The van der Waals surface area contributed by atoms with Crippen LogP contribution in [0.15, 0.2) is 0 Å². The molecular weight excluding hydrogens is 190 g/mol. The first-order chi connectivity index (χ1) is 7.20. The van der Waals surface area contributed by atoms with Gasteiger partial charge in [-0.1, -0.05) is 6.92 Å². The van der Waals surface area contributed by atoms with Gasteiger partial charge in [0, 0.05) is 19.3 Å². The quantitative estimate of drug-likeness (QED) is 0.608. The molecule has 0 aliphatic carbocycles. The van der Waals surface area contributed by atoms with Crippen LogP contribution in [0.3, 0.4) is 0 Å². The van der Waals surface area contributed by atoms with Crippen LogP contribution in [0.5, 0.6) is 0 Å². The van der Waals surface area contributed by atoms with Gasteiger partial charge in [0.25, 0.3) is 0 Å². The minimum absolute atomic E-state index is 0.211. The van der Waals surface area contributed by atoms with Crippen molar-refractivity contribution in [2.24, 2.45) is 0 Å². The van der Waals surface area contributed by atoms with E-state index in [1.165, 1.54) is 6.42 Å². The highest BCUT2D eigenvalue weighted by atomic mass is 16.5. The Bertz CT molecular complexity index is 117. The highest BCUT2D eigenvalue weighted by molar-refractivity contribution is 4.59. The molecule has 0 aliphatic rings. The van der Waals surface area contributed by atoms with E-state index in [0.717, 1.165) is 26.2 Å². The Balaban J connectivity index is 3.27. The summed E-state index contributed by atoms with van der Waals surface area (Å²) in [6, 6.07) is 0.546. The Hall–Kier alpha value is -0.120. The van der Waals surface area contributed by atoms with E-state index in [4.69, 9.17) is 9.47 Å². The minimum atomic E-state index is 0.211. The first-order valence-corrected chi connectivity index (χ1v) is 6.13. The standard InChI is InChI=1S/C12H27NO2/c1-5-8-13-11(3)7-9-15-12(4)10-14-6-2/h11-13H,5-10H2,1-4H3. The van der Waals surface area contributed by atoms with Gasteiger partial charge in [0.2, 0.25) is 0 Å². The predicted molar refractivity (Wildman–Crippen MR) is 64.3 cm³/mol. The first-order valence-electron chi connectivity index (χ1n) is 6.13. The number of ether oxygens (including phenoxy) is 2. The van der Waals surface area contributed by atoms with Crippen LogP contribution in [0, 0.1) is 0 Å². The topological polar surface area (TPSA) is 30.5 Å². The predicted octanol–water partition coefficient (Wildman–Crippen LogP) is 2.21. The SMILES string of the molecule is CCCNC(C)CCOC(C)COCC. The Morgan fingerprint density at radius 1 is 1.20 bits per heavy atom. The number of nitrogens with one attached hydrogen (secondary N) is 1. The molecule has 0 saturated carbocycles. The molecule has 0 aromatic carbocycles. The molecular formula is C12H27NO2. The van der Waals surface area contributed by atoms with Crippen LogP contribution in [-0.2, 0) is 9.47 Å². The van der Waals surface area contributed by atoms with E-state index in [9.17, 15) is 0 Å². The Labute approximate surface area is 94.5 Å². The van der Waals surface area contributed by atoms with Crippen molar-refractivity contribution in [1.82, 2.24) is 5.32 Å². The monoisotopic (exact) mass is 217 g/mol. The molecule has 0 saturated heterocycles. The van der Waals surface area contributed by atoms with E-state index in [0.29, 0.717) is 12.6 Å². The molecule has 1 N–H and O–H groups in total. The van der Waals surface area contributed by atoms with Crippen LogP contribution < -0.4 is 5.32 Å². The lowest BCUT2D eigenvalue weighted by Crippen LogP contribution is -2.29. The second-order valence-electron chi connectivity index (χ2n) is 3.98. The van der Waals surface area contributed by atoms with E-state index < -0.39 is 0 Å². The van der Waals surface area contributed by atoms with Crippen LogP contribution >= 0.6 is 0 Å². The maximum atomic E-state index is 5.63. The van der Waals surface area contributed by atoms with Crippen molar-refractivity contribution in [3.05, 3.63) is 0 Å². The van der Waals surface area contributed by atoms with Crippen molar-refractivity contribution in [2.75, 3.05) is 26.4 Å². The van der Waals surface area contributed by atoms with Gasteiger partial charge in [-0.05, 0) is 40.2 Å². The number of hydrogen-bond acceptors (Lipinski definition) is 3. The van der Waals surface area contributed by atoms with Gasteiger partial charge < -0.3 is 14.8 Å². The van der Waals surface area contributed by atoms with E-state index >= 15 is 0 Å². The largest absolute Gasteiger partial charge is 0.379 e. The van der Waals surface area contributed by atoms with E-state index in [2.05, 4.69) is 26.1 Å². The highest BCUT2D eigenvalue weighted by Gasteiger charge is 2.04. The van der Waals surface area contributed by atoms with Crippen LogP contribution in [0.2, 0.25) is 0 Å². The molecule has 2 unspecified atom stereocenters. The normalized spacial score (nSPS) is 15.2. The third-order valence-electron chi connectivity index (χ3n) is 2.25. The average Bonchev–Trinajstić information content (AvgIpc) is 2.23. The summed E-state index contributed by atoms with van der Waals surface area (Å²) in [5, 5.41) is 3.44. The second kappa shape index (κ2) is 10.4. The summed E-state index contributed by atoms with van der Waals surface area (Å²) in [5.41, 5.74) is 0. The fraction of sp³-hybridized carbons (Fsp3) is 1.00. The van der Waals surface area contributed by atoms with Crippen molar-refractivity contribution in [3.8, 4) is 0 Å². The number of rotatable bonds is 10. The van der Waals surface area contributed by atoms with Crippen molar-refractivity contribution in [3.63, 3.8) is 0 Å². The van der Waals surface area contributed by atoms with Gasteiger partial charge >= 0.3 is 0 Å². The molecule has 0 bridgehead atoms. The maximum Gasteiger partial charge on any atom is 0.0780 e. The zero-order valence-electron chi connectivity index (χ0n) is 10.7.